The molecule has 0 aliphatic heterocycles. The lowest BCUT2D eigenvalue weighted by atomic mass is 10.0. The molecular weight excluding hydrogens is 310 g/mol. The van der Waals surface area contributed by atoms with Gasteiger partial charge in [-0.1, -0.05) is 77.7 Å². The Balaban J connectivity index is 3.56. The normalized spacial score (nSPS) is 12.8. The summed E-state index contributed by atoms with van der Waals surface area (Å²) in [7, 11) is 4.45. The maximum atomic E-state index is 11.1. The molecule has 0 rings (SSSR count). The van der Waals surface area contributed by atoms with Crippen LogP contribution in [0.1, 0.15) is 90.9 Å². The lowest BCUT2D eigenvalue weighted by Crippen LogP contribution is -2.49. The fourth-order valence-electron chi connectivity index (χ4n) is 3.11. The predicted octanol–water partition coefficient (Wildman–Crippen LogP) is 5.88. The Morgan fingerprint density at radius 2 is 1.44 bits per heavy atom. The van der Waals surface area contributed by atoms with E-state index in [0.29, 0.717) is 12.6 Å². The van der Waals surface area contributed by atoms with E-state index in [1.54, 1.807) is 0 Å². The third-order valence-corrected chi connectivity index (χ3v) is 5.50. The van der Waals surface area contributed by atoms with Crippen molar-refractivity contribution in [2.75, 3.05) is 27.2 Å². The molecule has 1 unspecified atom stereocenters. The highest BCUT2D eigenvalue weighted by Crippen LogP contribution is 2.16. The van der Waals surface area contributed by atoms with Gasteiger partial charge < -0.3 is 9.22 Å². The van der Waals surface area contributed by atoms with Crippen LogP contribution in [0, 0.1) is 0 Å². The quantitative estimate of drug-likeness (QED) is 0.141. The van der Waals surface area contributed by atoms with Gasteiger partial charge in [0, 0.05) is 6.08 Å². The minimum absolute atomic E-state index is 0.321. The summed E-state index contributed by atoms with van der Waals surface area (Å²) in [5, 5.41) is 0. The van der Waals surface area contributed by atoms with Crippen LogP contribution in [-0.4, -0.2) is 43.7 Å². The molecule has 0 saturated heterocycles. The van der Waals surface area contributed by atoms with E-state index in [2.05, 4.69) is 34.5 Å². The number of esters is 1. The second-order valence-electron chi connectivity index (χ2n) is 8.05. The van der Waals surface area contributed by atoms with Crippen LogP contribution in [0.15, 0.2) is 12.7 Å². The first-order valence-corrected chi connectivity index (χ1v) is 10.6. The number of likely N-dealkylation sites (N-methyl/N-ethyl adjacent to an activating group) is 1. The van der Waals surface area contributed by atoms with Crippen LogP contribution in [0.5, 0.6) is 0 Å². The van der Waals surface area contributed by atoms with E-state index in [1.807, 2.05) is 0 Å². The highest BCUT2D eigenvalue weighted by molar-refractivity contribution is 5.81. The summed E-state index contributed by atoms with van der Waals surface area (Å²) in [5.41, 5.74) is 0. The number of quaternary nitrogens is 1. The number of hydrogen-bond acceptors (Lipinski definition) is 2. The number of carbonyl (C=O) groups excluding carboxylic acids is 1. The van der Waals surface area contributed by atoms with Gasteiger partial charge in [0.15, 0.2) is 0 Å². The van der Waals surface area contributed by atoms with Gasteiger partial charge in [0.25, 0.3) is 0 Å². The highest BCUT2D eigenvalue weighted by Gasteiger charge is 2.23. The van der Waals surface area contributed by atoms with Crippen molar-refractivity contribution in [3.63, 3.8) is 0 Å². The molecule has 0 N–H and O–H groups in total. The van der Waals surface area contributed by atoms with Crippen molar-refractivity contribution >= 4 is 5.97 Å². The monoisotopic (exact) mass is 354 g/mol. The van der Waals surface area contributed by atoms with E-state index in [0.717, 1.165) is 11.0 Å². The second-order valence-corrected chi connectivity index (χ2v) is 8.05. The van der Waals surface area contributed by atoms with Gasteiger partial charge >= 0.3 is 5.97 Å². The molecule has 0 saturated carbocycles. The summed E-state index contributed by atoms with van der Waals surface area (Å²) in [5.74, 6) is -0.321. The maximum absolute atomic E-state index is 11.1. The minimum atomic E-state index is -0.321. The zero-order valence-corrected chi connectivity index (χ0v) is 17.5. The van der Waals surface area contributed by atoms with E-state index in [4.69, 9.17) is 4.74 Å². The van der Waals surface area contributed by atoms with Crippen molar-refractivity contribution in [2.45, 2.75) is 96.9 Å². The summed E-state index contributed by atoms with van der Waals surface area (Å²) in [6, 6.07) is 0.598. The summed E-state index contributed by atoms with van der Waals surface area (Å²) in [6.45, 7) is 9.34. The SMILES string of the molecule is C=CC(=O)OCC[N+](C)(C)C(C)CCCCCCCCCCCCC. The molecule has 0 aromatic heterocycles. The Morgan fingerprint density at radius 1 is 0.960 bits per heavy atom. The van der Waals surface area contributed by atoms with Gasteiger partial charge in [-0.2, -0.15) is 0 Å². The van der Waals surface area contributed by atoms with E-state index in [-0.39, 0.29) is 5.97 Å². The van der Waals surface area contributed by atoms with E-state index in [1.165, 1.54) is 83.1 Å². The minimum Gasteiger partial charge on any atom is -0.457 e. The topological polar surface area (TPSA) is 26.3 Å². The van der Waals surface area contributed by atoms with Crippen LogP contribution < -0.4 is 0 Å². The van der Waals surface area contributed by atoms with Gasteiger partial charge in [-0.15, -0.1) is 0 Å². The maximum Gasteiger partial charge on any atom is 0.330 e. The van der Waals surface area contributed by atoms with Crippen LogP contribution in [0.2, 0.25) is 0 Å². The third-order valence-electron chi connectivity index (χ3n) is 5.50. The first-order chi connectivity index (χ1) is 11.9. The smallest absolute Gasteiger partial charge is 0.330 e. The number of carbonyl (C=O) groups is 1. The molecule has 0 aliphatic rings. The summed E-state index contributed by atoms with van der Waals surface area (Å²) in [6.07, 6.45) is 17.8. The van der Waals surface area contributed by atoms with Gasteiger partial charge in [0.05, 0.1) is 20.1 Å². The van der Waals surface area contributed by atoms with Crippen molar-refractivity contribution in [1.29, 1.82) is 0 Å². The molecule has 148 valence electrons. The van der Waals surface area contributed by atoms with Gasteiger partial charge in [0.1, 0.15) is 13.2 Å². The van der Waals surface area contributed by atoms with E-state index < -0.39 is 0 Å². The number of unbranched alkanes of at least 4 members (excludes halogenated alkanes) is 10. The van der Waals surface area contributed by atoms with Crippen molar-refractivity contribution in [3.05, 3.63) is 12.7 Å². The fraction of sp³-hybridized carbons (Fsp3) is 0.864. The van der Waals surface area contributed by atoms with Gasteiger partial charge in [-0.25, -0.2) is 4.79 Å². The summed E-state index contributed by atoms with van der Waals surface area (Å²) in [4.78, 5) is 11.1. The van der Waals surface area contributed by atoms with Crippen molar-refractivity contribution < 1.29 is 14.0 Å². The average molecular weight is 355 g/mol. The molecule has 0 aliphatic carbocycles. The first-order valence-electron chi connectivity index (χ1n) is 10.6. The number of ether oxygens (including phenoxy) is 1. The van der Waals surface area contributed by atoms with E-state index in [9.17, 15) is 4.79 Å². The Hall–Kier alpha value is -0.830. The molecule has 0 radical (unpaired) electrons. The van der Waals surface area contributed by atoms with Crippen molar-refractivity contribution in [2.24, 2.45) is 0 Å². The van der Waals surface area contributed by atoms with Crippen molar-refractivity contribution in [3.8, 4) is 0 Å². The molecule has 0 amide bonds. The van der Waals surface area contributed by atoms with E-state index >= 15 is 0 Å². The first kappa shape index (κ1) is 24.2. The zero-order valence-electron chi connectivity index (χ0n) is 17.5. The van der Waals surface area contributed by atoms with Gasteiger partial charge in [-0.3, -0.25) is 0 Å². The Bertz CT molecular complexity index is 339. The Labute approximate surface area is 157 Å². The Morgan fingerprint density at radius 3 is 1.92 bits per heavy atom. The fourth-order valence-corrected chi connectivity index (χ4v) is 3.11. The summed E-state index contributed by atoms with van der Waals surface area (Å²) >= 11 is 0. The molecule has 0 aromatic rings. The molecule has 0 heterocycles. The van der Waals surface area contributed by atoms with Crippen LogP contribution in [0.3, 0.4) is 0 Å². The van der Waals surface area contributed by atoms with Gasteiger partial charge in [0.2, 0.25) is 0 Å². The lowest BCUT2D eigenvalue weighted by Gasteiger charge is -2.36. The zero-order chi connectivity index (χ0) is 19.0. The molecule has 0 fully saturated rings. The molecule has 3 heteroatoms. The van der Waals surface area contributed by atoms with Crippen molar-refractivity contribution in [1.82, 2.24) is 0 Å². The molecule has 0 bridgehead atoms. The third kappa shape index (κ3) is 14.1. The number of nitrogens with zero attached hydrogens (tertiary/aromatic N) is 1. The van der Waals surface area contributed by atoms with Crippen LogP contribution in [0.25, 0.3) is 0 Å². The molecule has 0 spiro atoms. The number of hydrogen-bond donors (Lipinski definition) is 0. The number of rotatable bonds is 17. The second kappa shape index (κ2) is 15.4. The van der Waals surface area contributed by atoms with Crippen LogP contribution in [-0.2, 0) is 9.53 Å². The largest absolute Gasteiger partial charge is 0.457 e. The molecule has 0 aromatic carbocycles. The standard InChI is InChI=1S/C22H44NO2/c1-6-8-9-10-11-12-13-14-15-16-17-18-21(3)23(4,5)19-20-25-22(24)7-2/h7,21H,2,6,8-20H2,1,3-5H3/q+1. The molecule has 25 heavy (non-hydrogen) atoms. The summed E-state index contributed by atoms with van der Waals surface area (Å²) < 4.78 is 6.02. The molecule has 3 nitrogen and oxygen atoms in total. The molecule has 1 atom stereocenters. The van der Waals surface area contributed by atoms with Crippen LogP contribution in [0.4, 0.5) is 0 Å². The predicted molar refractivity (Wildman–Crippen MR) is 109 cm³/mol. The van der Waals surface area contributed by atoms with Crippen LogP contribution >= 0.6 is 0 Å². The highest BCUT2D eigenvalue weighted by atomic mass is 16.5. The Kier molecular flexibility index (Phi) is 14.9. The molecular formula is C22H44NO2+. The lowest BCUT2D eigenvalue weighted by molar-refractivity contribution is -0.913. The average Bonchev–Trinajstić information content (AvgIpc) is 2.59. The van der Waals surface area contributed by atoms with Gasteiger partial charge in [-0.05, 0) is 19.8 Å².